The number of aryl methyl sites for hydroxylation is 2. The van der Waals surface area contributed by atoms with Crippen LogP contribution in [-0.2, 0) is 9.30 Å². The summed E-state index contributed by atoms with van der Waals surface area (Å²) in [4.78, 5) is 0. The summed E-state index contributed by atoms with van der Waals surface area (Å²) in [6.45, 7) is 13.7. The minimum atomic E-state index is -1.64. The van der Waals surface area contributed by atoms with Crippen LogP contribution in [0.2, 0.25) is 0 Å². The van der Waals surface area contributed by atoms with Gasteiger partial charge in [-0.3, -0.25) is 0 Å². The van der Waals surface area contributed by atoms with Crippen LogP contribution in [0.3, 0.4) is 0 Å². The first-order valence-electron chi connectivity index (χ1n) is 7.39. The zero-order chi connectivity index (χ0) is 18.6. The third kappa shape index (κ3) is 73.0. The zero-order valence-corrected chi connectivity index (χ0v) is 18.4. The third-order valence-corrected chi connectivity index (χ3v) is 1.22. The van der Waals surface area contributed by atoms with E-state index in [1.807, 2.05) is 12.5 Å². The highest BCUT2D eigenvalue weighted by Crippen LogP contribution is 2.28. The normalized spacial score (nSPS) is 8.50. The predicted octanol–water partition coefficient (Wildman–Crippen LogP) is 6.20. The van der Waals surface area contributed by atoms with Gasteiger partial charge < -0.3 is 9.30 Å². The molecule has 0 radical (unpaired) electrons. The molecule has 0 bridgehead atoms. The number of ether oxygens (including phenoxy) is 1. The molecule has 0 amide bonds. The van der Waals surface area contributed by atoms with Crippen LogP contribution in [0.15, 0.2) is 24.3 Å². The van der Waals surface area contributed by atoms with Crippen molar-refractivity contribution in [3.63, 3.8) is 0 Å². The molecule has 0 aromatic heterocycles. The maximum Gasteiger partial charge on any atom is 0.0790 e. The fourth-order valence-electron chi connectivity index (χ4n) is 0.637. The highest BCUT2D eigenvalue weighted by Gasteiger charge is 1.89. The van der Waals surface area contributed by atoms with Crippen LogP contribution in [0.4, 0.5) is 0 Å². The fraction of sp³-hybridized carbons (Fsp3) is 0.667. The highest BCUT2D eigenvalue weighted by atomic mass is 32.2. The molecule has 0 saturated heterocycles. The van der Waals surface area contributed by atoms with Gasteiger partial charge in [0.15, 0.2) is 0 Å². The molecule has 0 aliphatic carbocycles. The Labute approximate surface area is 144 Å². The molecule has 0 spiro atoms. The standard InChI is InChI=1S/C8H10.C3H9OP.C3H8.C2H6O.C2H6S/c1-7-3-5-8(2)6-4-7;1-5(2,3)4;3*1-3-2/h3-6H,1-2H3;1-3H3;3H2,1-2H3;2*1-2H3. The van der Waals surface area contributed by atoms with Crippen LogP contribution in [0, 0.1) is 13.8 Å². The van der Waals surface area contributed by atoms with Crippen molar-refractivity contribution in [2.45, 2.75) is 34.1 Å². The minimum absolute atomic E-state index is 1.25. The van der Waals surface area contributed by atoms with Gasteiger partial charge in [0.25, 0.3) is 0 Å². The number of hydrogen-bond acceptors (Lipinski definition) is 3. The van der Waals surface area contributed by atoms with Gasteiger partial charge in [0, 0.05) is 14.2 Å². The van der Waals surface area contributed by atoms with E-state index in [1.165, 1.54) is 17.5 Å². The van der Waals surface area contributed by atoms with Gasteiger partial charge in [0.05, 0.1) is 7.14 Å². The van der Waals surface area contributed by atoms with Crippen LogP contribution in [0.5, 0.6) is 0 Å². The molecule has 0 fully saturated rings. The Hall–Kier alpha value is -0.240. The fourth-order valence-corrected chi connectivity index (χ4v) is 0.637. The molecule has 1 aromatic rings. The van der Waals surface area contributed by atoms with Crippen molar-refractivity contribution in [2.75, 3.05) is 46.7 Å². The number of thioether (sulfide) groups is 1. The minimum Gasteiger partial charge on any atom is -0.388 e. The lowest BCUT2D eigenvalue weighted by atomic mass is 10.2. The molecule has 22 heavy (non-hydrogen) atoms. The van der Waals surface area contributed by atoms with Crippen LogP contribution in [-0.4, -0.2) is 46.7 Å². The summed E-state index contributed by atoms with van der Waals surface area (Å²) in [5.41, 5.74) is 2.66. The third-order valence-electron chi connectivity index (χ3n) is 1.22. The zero-order valence-electron chi connectivity index (χ0n) is 16.7. The number of hydrogen-bond donors (Lipinski definition) is 0. The molecule has 0 atom stereocenters. The van der Waals surface area contributed by atoms with Gasteiger partial charge in [-0.25, -0.2) is 0 Å². The average Bonchev–Trinajstić information content (AvgIpc) is 2.34. The van der Waals surface area contributed by atoms with Crippen LogP contribution in [0.25, 0.3) is 0 Å². The Balaban J connectivity index is -0.000000101. The van der Waals surface area contributed by atoms with E-state index in [4.69, 9.17) is 0 Å². The molecule has 0 saturated carbocycles. The first-order valence-corrected chi connectivity index (χ1v) is 12.1. The van der Waals surface area contributed by atoms with Gasteiger partial charge in [-0.15, -0.1) is 0 Å². The van der Waals surface area contributed by atoms with Crippen molar-refractivity contribution in [1.82, 2.24) is 0 Å². The smallest absolute Gasteiger partial charge is 0.0790 e. The molecule has 134 valence electrons. The van der Waals surface area contributed by atoms with Gasteiger partial charge in [-0.05, 0) is 46.4 Å². The Morgan fingerprint density at radius 3 is 1.09 bits per heavy atom. The molecule has 4 heteroatoms. The summed E-state index contributed by atoms with van der Waals surface area (Å²) in [6.07, 6.45) is 5.33. The number of benzene rings is 1. The van der Waals surface area contributed by atoms with Gasteiger partial charge in [-0.2, -0.15) is 11.8 Å². The summed E-state index contributed by atoms with van der Waals surface area (Å²) in [7, 11) is 1.61. The number of rotatable bonds is 0. The first-order chi connectivity index (χ1) is 10.0. The van der Waals surface area contributed by atoms with E-state index in [9.17, 15) is 4.57 Å². The summed E-state index contributed by atoms with van der Waals surface area (Å²) in [5.74, 6) is 0. The van der Waals surface area contributed by atoms with Crippen molar-refractivity contribution in [2.24, 2.45) is 0 Å². The second kappa shape index (κ2) is 23.0. The SMILES string of the molecule is CCC.COC.CP(C)(C)=O.CSC.Cc1ccc(C)cc1. The van der Waals surface area contributed by atoms with E-state index >= 15 is 0 Å². The van der Waals surface area contributed by atoms with Gasteiger partial charge in [-0.1, -0.05) is 55.7 Å². The number of methoxy groups -OCH3 is 1. The highest BCUT2D eigenvalue weighted by molar-refractivity contribution is 7.97. The molecule has 0 unspecified atom stereocenters. The molecule has 0 N–H and O–H groups in total. The molecule has 2 nitrogen and oxygen atoms in total. The average molecular weight is 351 g/mol. The van der Waals surface area contributed by atoms with E-state index in [0.717, 1.165) is 0 Å². The summed E-state index contributed by atoms with van der Waals surface area (Å²) in [6, 6.07) is 8.48. The van der Waals surface area contributed by atoms with Gasteiger partial charge in [0.2, 0.25) is 0 Å². The molecule has 1 aromatic carbocycles. The van der Waals surface area contributed by atoms with E-state index < -0.39 is 7.14 Å². The Morgan fingerprint density at radius 2 is 1.00 bits per heavy atom. The Morgan fingerprint density at radius 1 is 0.909 bits per heavy atom. The van der Waals surface area contributed by atoms with Crippen LogP contribution in [0.1, 0.15) is 31.4 Å². The molecule has 0 aliphatic heterocycles. The van der Waals surface area contributed by atoms with Crippen molar-refractivity contribution in [3.8, 4) is 0 Å². The quantitative estimate of drug-likeness (QED) is 0.521. The lowest BCUT2D eigenvalue weighted by Crippen LogP contribution is -1.70. The lowest BCUT2D eigenvalue weighted by molar-refractivity contribution is 0.277. The van der Waals surface area contributed by atoms with Gasteiger partial charge >= 0.3 is 0 Å². The second-order valence-corrected chi connectivity index (χ2v) is 10.2. The van der Waals surface area contributed by atoms with Crippen LogP contribution >= 0.6 is 18.9 Å². The molecule has 0 aliphatic rings. The lowest BCUT2D eigenvalue weighted by Gasteiger charge is -1.90. The first kappa shape index (κ1) is 29.7. The maximum atomic E-state index is 10.2. The van der Waals surface area contributed by atoms with Crippen molar-refractivity contribution in [1.29, 1.82) is 0 Å². The molecular weight excluding hydrogens is 311 g/mol. The largest absolute Gasteiger partial charge is 0.388 e. The van der Waals surface area contributed by atoms with E-state index in [0.29, 0.717) is 0 Å². The van der Waals surface area contributed by atoms with Gasteiger partial charge in [0.1, 0.15) is 0 Å². The molecule has 0 heterocycles. The Bertz CT molecular complexity index is 297. The maximum absolute atomic E-state index is 10.2. The van der Waals surface area contributed by atoms with Crippen molar-refractivity contribution < 1.29 is 9.30 Å². The second-order valence-electron chi connectivity index (χ2n) is 5.57. The predicted molar refractivity (Wildman–Crippen MR) is 110 cm³/mol. The van der Waals surface area contributed by atoms with Crippen molar-refractivity contribution >= 4 is 18.9 Å². The summed E-state index contributed by atoms with van der Waals surface area (Å²) >= 11 is 1.75. The van der Waals surface area contributed by atoms with E-state index in [-0.39, 0.29) is 0 Å². The van der Waals surface area contributed by atoms with E-state index in [2.05, 4.69) is 56.7 Å². The summed E-state index contributed by atoms with van der Waals surface area (Å²) in [5, 5.41) is 0. The van der Waals surface area contributed by atoms with Crippen molar-refractivity contribution in [3.05, 3.63) is 35.4 Å². The molecule has 1 rings (SSSR count). The summed E-state index contributed by atoms with van der Waals surface area (Å²) < 4.78 is 14.5. The monoisotopic (exact) mass is 350 g/mol. The molecular formula is C18H39O2PS. The van der Waals surface area contributed by atoms with Crippen LogP contribution < -0.4 is 0 Å². The topological polar surface area (TPSA) is 26.3 Å². The van der Waals surface area contributed by atoms with E-state index in [1.54, 1.807) is 46.0 Å². The Kier molecular flexibility index (Phi) is 31.1.